The highest BCUT2D eigenvalue weighted by molar-refractivity contribution is 6.30. The van der Waals surface area contributed by atoms with Crippen LogP contribution in [-0.2, 0) is 16.6 Å². The summed E-state index contributed by atoms with van der Waals surface area (Å²) in [6.45, 7) is 0.196. The van der Waals surface area contributed by atoms with E-state index in [2.05, 4.69) is 0 Å². The third kappa shape index (κ3) is 3.28. The topological polar surface area (TPSA) is 35.5 Å². The van der Waals surface area contributed by atoms with Gasteiger partial charge < -0.3 is 9.47 Å². The Morgan fingerprint density at radius 1 is 0.966 bits per heavy atom. The van der Waals surface area contributed by atoms with Crippen molar-refractivity contribution in [2.75, 3.05) is 6.79 Å². The molecule has 1 fully saturated rings. The number of halogens is 2. The molecule has 29 heavy (non-hydrogen) atoms. The smallest absolute Gasteiger partial charge is 0.231 e. The van der Waals surface area contributed by atoms with Gasteiger partial charge in [0.2, 0.25) is 6.79 Å². The molecule has 146 valence electrons. The van der Waals surface area contributed by atoms with Gasteiger partial charge in [0.25, 0.3) is 0 Å². The second kappa shape index (κ2) is 6.89. The molecule has 1 aliphatic heterocycles. The fraction of sp³-hybridized carbons (Fsp3) is 0.208. The maximum absolute atomic E-state index is 14.5. The number of carbonyl (C=O) groups excluding carboxylic acids is 1. The van der Waals surface area contributed by atoms with Crippen molar-refractivity contribution in [1.82, 2.24) is 0 Å². The first-order valence-corrected chi connectivity index (χ1v) is 9.91. The highest BCUT2D eigenvalue weighted by atomic mass is 35.5. The highest BCUT2D eigenvalue weighted by Gasteiger charge is 2.51. The number of ketones is 1. The first kappa shape index (κ1) is 18.2. The Kier molecular flexibility index (Phi) is 4.32. The zero-order valence-corrected chi connectivity index (χ0v) is 16.3. The quantitative estimate of drug-likeness (QED) is 0.541. The largest absolute Gasteiger partial charge is 0.454 e. The summed E-state index contributed by atoms with van der Waals surface area (Å²) in [5.74, 6) is 1.01. The average Bonchev–Trinajstić information content (AvgIpc) is 3.40. The van der Waals surface area contributed by atoms with E-state index < -0.39 is 5.41 Å². The zero-order valence-electron chi connectivity index (χ0n) is 15.6. The lowest BCUT2D eigenvalue weighted by Crippen LogP contribution is -2.23. The van der Waals surface area contributed by atoms with Gasteiger partial charge in [-0.1, -0.05) is 35.9 Å². The Morgan fingerprint density at radius 3 is 2.55 bits per heavy atom. The monoisotopic (exact) mass is 408 g/mol. The number of Topliss-reactive ketones (excluding diaryl/α,β-unsaturated/α-hetero) is 1. The predicted octanol–water partition coefficient (Wildman–Crippen LogP) is 5.72. The van der Waals surface area contributed by atoms with E-state index in [0.717, 1.165) is 29.5 Å². The molecule has 0 N–H and O–H groups in total. The van der Waals surface area contributed by atoms with E-state index in [1.165, 1.54) is 6.07 Å². The van der Waals surface area contributed by atoms with Crippen molar-refractivity contribution >= 4 is 17.4 Å². The number of benzene rings is 3. The van der Waals surface area contributed by atoms with Gasteiger partial charge in [-0.2, -0.15) is 0 Å². The SMILES string of the molecule is O=C(Cc1cc(-c2cccc(Cl)c2)ccc1F)C1(c2ccc3c(c2)OCO3)CC1. The minimum atomic E-state index is -0.556. The number of ether oxygens (including phenoxy) is 2. The van der Waals surface area contributed by atoms with Crippen molar-refractivity contribution in [3.05, 3.63) is 82.6 Å². The summed E-state index contributed by atoms with van der Waals surface area (Å²) < 4.78 is 25.3. The summed E-state index contributed by atoms with van der Waals surface area (Å²) in [5.41, 5.74) is 2.49. The van der Waals surface area contributed by atoms with E-state index in [-0.39, 0.29) is 24.8 Å². The molecular weight excluding hydrogens is 391 g/mol. The minimum Gasteiger partial charge on any atom is -0.454 e. The molecule has 0 aromatic heterocycles. The molecule has 5 heteroatoms. The third-order valence-electron chi connectivity index (χ3n) is 5.76. The fourth-order valence-electron chi connectivity index (χ4n) is 3.95. The standard InChI is InChI=1S/C24H18ClFO3/c25-19-3-1-2-15(11-19)16-4-6-20(26)17(10-16)12-23(27)24(8-9-24)18-5-7-21-22(13-18)29-14-28-21/h1-7,10-11,13H,8-9,12,14H2. The second-order valence-electron chi connectivity index (χ2n) is 7.57. The van der Waals surface area contributed by atoms with Crippen LogP contribution in [0.5, 0.6) is 11.5 Å². The van der Waals surface area contributed by atoms with Crippen LogP contribution in [0.1, 0.15) is 24.0 Å². The highest BCUT2D eigenvalue weighted by Crippen LogP contribution is 2.51. The Morgan fingerprint density at radius 2 is 1.76 bits per heavy atom. The van der Waals surface area contributed by atoms with E-state index in [9.17, 15) is 9.18 Å². The third-order valence-corrected chi connectivity index (χ3v) is 6.00. The van der Waals surface area contributed by atoms with E-state index >= 15 is 0 Å². The lowest BCUT2D eigenvalue weighted by Gasteiger charge is -2.16. The Labute approximate surface area is 173 Å². The van der Waals surface area contributed by atoms with Gasteiger partial charge in [0.15, 0.2) is 11.5 Å². The van der Waals surface area contributed by atoms with Crippen LogP contribution in [0.4, 0.5) is 4.39 Å². The van der Waals surface area contributed by atoms with Crippen LogP contribution < -0.4 is 9.47 Å². The number of hydrogen-bond acceptors (Lipinski definition) is 3. The fourth-order valence-corrected chi connectivity index (χ4v) is 4.14. The first-order chi connectivity index (χ1) is 14.0. The van der Waals surface area contributed by atoms with Crippen LogP contribution >= 0.6 is 11.6 Å². The van der Waals surface area contributed by atoms with Crippen molar-refractivity contribution in [1.29, 1.82) is 0 Å². The Balaban J connectivity index is 1.43. The molecule has 0 bridgehead atoms. The van der Waals surface area contributed by atoms with Gasteiger partial charge in [0, 0.05) is 11.4 Å². The Hall–Kier alpha value is -2.85. The zero-order chi connectivity index (χ0) is 20.0. The number of hydrogen-bond donors (Lipinski definition) is 0. The molecule has 1 saturated carbocycles. The van der Waals surface area contributed by atoms with Gasteiger partial charge in [-0.05, 0) is 71.5 Å². The molecule has 0 spiro atoms. The molecule has 2 aliphatic rings. The maximum atomic E-state index is 14.5. The molecule has 3 nitrogen and oxygen atoms in total. The summed E-state index contributed by atoms with van der Waals surface area (Å²) in [5, 5.41) is 0.615. The summed E-state index contributed by atoms with van der Waals surface area (Å²) in [4.78, 5) is 13.2. The molecule has 3 aromatic rings. The van der Waals surface area contributed by atoms with Crippen molar-refractivity contribution in [3.63, 3.8) is 0 Å². The maximum Gasteiger partial charge on any atom is 0.231 e. The molecule has 0 amide bonds. The van der Waals surface area contributed by atoms with E-state index in [1.54, 1.807) is 18.2 Å². The van der Waals surface area contributed by atoms with Crippen molar-refractivity contribution in [2.24, 2.45) is 0 Å². The van der Waals surface area contributed by atoms with Crippen LogP contribution in [0.2, 0.25) is 5.02 Å². The summed E-state index contributed by atoms with van der Waals surface area (Å²) in [6.07, 6.45) is 1.58. The lowest BCUT2D eigenvalue weighted by atomic mass is 9.87. The lowest BCUT2D eigenvalue weighted by molar-refractivity contribution is -0.120. The van der Waals surface area contributed by atoms with Crippen LogP contribution in [0.15, 0.2) is 60.7 Å². The first-order valence-electron chi connectivity index (χ1n) is 9.53. The molecule has 5 rings (SSSR count). The summed E-state index contributed by atoms with van der Waals surface area (Å²) >= 11 is 6.08. The molecule has 0 atom stereocenters. The van der Waals surface area contributed by atoms with Gasteiger partial charge in [0.1, 0.15) is 11.6 Å². The molecule has 0 unspecified atom stereocenters. The van der Waals surface area contributed by atoms with Crippen molar-refractivity contribution in [2.45, 2.75) is 24.7 Å². The van der Waals surface area contributed by atoms with Crippen LogP contribution in [-0.4, -0.2) is 12.6 Å². The van der Waals surface area contributed by atoms with Gasteiger partial charge in [-0.15, -0.1) is 0 Å². The van der Waals surface area contributed by atoms with Crippen LogP contribution in [0.25, 0.3) is 11.1 Å². The molecule has 3 aromatic carbocycles. The normalized spacial score (nSPS) is 15.9. The molecule has 0 saturated heterocycles. The Bertz CT molecular complexity index is 1120. The van der Waals surface area contributed by atoms with Gasteiger partial charge in [-0.25, -0.2) is 4.39 Å². The second-order valence-corrected chi connectivity index (χ2v) is 8.00. The van der Waals surface area contributed by atoms with Crippen LogP contribution in [0, 0.1) is 5.82 Å². The predicted molar refractivity (Wildman–Crippen MR) is 109 cm³/mol. The summed E-state index contributed by atoms with van der Waals surface area (Å²) in [7, 11) is 0. The van der Waals surface area contributed by atoms with E-state index in [0.29, 0.717) is 22.1 Å². The molecule has 1 aliphatic carbocycles. The molecule has 0 radical (unpaired) electrons. The molecular formula is C24H18ClFO3. The van der Waals surface area contributed by atoms with Gasteiger partial charge >= 0.3 is 0 Å². The number of fused-ring (bicyclic) bond motifs is 1. The van der Waals surface area contributed by atoms with E-state index in [1.807, 2.05) is 36.4 Å². The van der Waals surface area contributed by atoms with Crippen LogP contribution in [0.3, 0.4) is 0 Å². The van der Waals surface area contributed by atoms with E-state index in [4.69, 9.17) is 21.1 Å². The number of carbonyl (C=O) groups is 1. The van der Waals surface area contributed by atoms with Crippen molar-refractivity contribution in [3.8, 4) is 22.6 Å². The average molecular weight is 409 g/mol. The molecule has 1 heterocycles. The number of rotatable bonds is 5. The summed E-state index contributed by atoms with van der Waals surface area (Å²) in [6, 6.07) is 17.9. The van der Waals surface area contributed by atoms with Gasteiger partial charge in [-0.3, -0.25) is 4.79 Å². The van der Waals surface area contributed by atoms with Gasteiger partial charge in [0.05, 0.1) is 5.41 Å². The minimum absolute atomic E-state index is 0.0264. The van der Waals surface area contributed by atoms with Crippen molar-refractivity contribution < 1.29 is 18.7 Å².